The molecular weight excluding hydrogens is 444 g/mol. The molecule has 0 amide bonds. The van der Waals surface area contributed by atoms with Crippen LogP contribution < -0.4 is 5.56 Å². The van der Waals surface area contributed by atoms with Gasteiger partial charge in [0.15, 0.2) is 0 Å². The standard InChI is InChI=1S/C11H11N3O.I2/c1-6(12)8-5-9-7(2)13-4-3-10(9)14-11(8)15;1-2/h3-5,12H,1-2H3,(H,14,15);. The van der Waals surface area contributed by atoms with Crippen LogP contribution in [0.3, 0.4) is 0 Å². The molecule has 0 saturated carbocycles. The first kappa shape index (κ1) is 14.6. The predicted molar refractivity (Wildman–Crippen MR) is 87.6 cm³/mol. The van der Waals surface area contributed by atoms with Gasteiger partial charge in [-0.25, -0.2) is 0 Å². The quantitative estimate of drug-likeness (QED) is 0.512. The first-order valence-electron chi connectivity index (χ1n) is 4.78. The Bertz CT molecular complexity index is 607. The molecule has 0 unspecified atom stereocenters. The van der Waals surface area contributed by atoms with E-state index in [9.17, 15) is 4.79 Å². The minimum absolute atomic E-state index is 0.222. The second-order valence-corrected chi connectivity index (χ2v) is 3.49. The monoisotopic (exact) mass is 455 g/mol. The van der Waals surface area contributed by atoms with E-state index in [1.54, 1.807) is 25.3 Å². The van der Waals surface area contributed by atoms with Crippen molar-refractivity contribution in [3.05, 3.63) is 39.9 Å². The molecular formula is C11H11I2N3O. The van der Waals surface area contributed by atoms with Gasteiger partial charge in [0.25, 0.3) is 5.56 Å². The molecule has 0 saturated heterocycles. The SMILES string of the molecule is CC(=N)c1cc2c(C)nccc2[nH]c1=O.II. The van der Waals surface area contributed by atoms with Crippen LogP contribution in [0.15, 0.2) is 23.1 Å². The minimum atomic E-state index is -0.222. The Morgan fingerprint density at radius 3 is 2.71 bits per heavy atom. The number of H-pyrrole nitrogens is 1. The van der Waals surface area contributed by atoms with Crippen molar-refractivity contribution >= 4 is 53.8 Å². The highest BCUT2D eigenvalue weighted by atomic mass is 128. The normalized spacial score (nSPS) is 9.65. The third kappa shape index (κ3) is 3.24. The fourth-order valence-electron chi connectivity index (χ4n) is 1.55. The number of halogens is 2. The highest BCUT2D eigenvalue weighted by molar-refractivity contribution is 15.0. The van der Waals surface area contributed by atoms with Crippen LogP contribution in [0, 0.1) is 12.3 Å². The number of aromatic nitrogens is 2. The lowest BCUT2D eigenvalue weighted by Gasteiger charge is -2.03. The fraction of sp³-hybridized carbons (Fsp3) is 0.182. The fourth-order valence-corrected chi connectivity index (χ4v) is 1.55. The minimum Gasteiger partial charge on any atom is -0.321 e. The molecule has 2 aromatic heterocycles. The molecule has 2 N–H and O–H groups in total. The van der Waals surface area contributed by atoms with Crippen molar-refractivity contribution in [1.29, 1.82) is 5.41 Å². The van der Waals surface area contributed by atoms with Gasteiger partial charge in [0.1, 0.15) is 0 Å². The molecule has 0 radical (unpaired) electrons. The van der Waals surface area contributed by atoms with Crippen LogP contribution >= 0.6 is 37.2 Å². The van der Waals surface area contributed by atoms with Gasteiger partial charge in [0.05, 0.1) is 11.1 Å². The molecule has 2 aromatic rings. The van der Waals surface area contributed by atoms with E-state index in [1.165, 1.54) is 0 Å². The molecule has 0 aliphatic rings. The Morgan fingerprint density at radius 1 is 1.47 bits per heavy atom. The molecule has 0 aliphatic carbocycles. The van der Waals surface area contributed by atoms with E-state index in [0.717, 1.165) is 16.6 Å². The van der Waals surface area contributed by atoms with Crippen molar-refractivity contribution in [2.45, 2.75) is 13.8 Å². The average Bonchev–Trinajstić information content (AvgIpc) is 2.31. The summed E-state index contributed by atoms with van der Waals surface area (Å²) in [6, 6.07) is 3.48. The van der Waals surface area contributed by atoms with Crippen molar-refractivity contribution in [1.82, 2.24) is 9.97 Å². The van der Waals surface area contributed by atoms with Gasteiger partial charge >= 0.3 is 0 Å². The number of hydrogen-bond donors (Lipinski definition) is 2. The van der Waals surface area contributed by atoms with Crippen molar-refractivity contribution in [3.8, 4) is 0 Å². The van der Waals surface area contributed by atoms with Crippen LogP contribution in [0.5, 0.6) is 0 Å². The van der Waals surface area contributed by atoms with Crippen molar-refractivity contribution in [3.63, 3.8) is 0 Å². The number of nitrogens with zero attached hydrogens (tertiary/aromatic N) is 1. The molecule has 0 fully saturated rings. The summed E-state index contributed by atoms with van der Waals surface area (Å²) in [6.45, 7) is 3.48. The predicted octanol–water partition coefficient (Wildman–Crippen LogP) is 3.39. The van der Waals surface area contributed by atoms with Gasteiger partial charge in [0, 0.05) is 60.2 Å². The molecule has 17 heavy (non-hydrogen) atoms. The molecule has 0 aliphatic heterocycles. The summed E-state index contributed by atoms with van der Waals surface area (Å²) in [5.41, 5.74) is 2.06. The molecule has 0 aromatic carbocycles. The Balaban J connectivity index is 0.000000686. The van der Waals surface area contributed by atoms with E-state index in [4.69, 9.17) is 5.41 Å². The lowest BCUT2D eigenvalue weighted by Crippen LogP contribution is -2.15. The summed E-state index contributed by atoms with van der Waals surface area (Å²) in [6.07, 6.45) is 1.66. The van der Waals surface area contributed by atoms with Gasteiger partial charge in [0.2, 0.25) is 0 Å². The van der Waals surface area contributed by atoms with Crippen LogP contribution in [0.2, 0.25) is 0 Å². The first-order valence-corrected chi connectivity index (χ1v) is 11.1. The molecule has 90 valence electrons. The van der Waals surface area contributed by atoms with Gasteiger partial charge in [-0.3, -0.25) is 9.78 Å². The van der Waals surface area contributed by atoms with E-state index in [2.05, 4.69) is 47.2 Å². The molecule has 6 heteroatoms. The van der Waals surface area contributed by atoms with Gasteiger partial charge in [-0.2, -0.15) is 0 Å². The lowest BCUT2D eigenvalue weighted by atomic mass is 10.1. The third-order valence-electron chi connectivity index (χ3n) is 2.37. The third-order valence-corrected chi connectivity index (χ3v) is 2.37. The largest absolute Gasteiger partial charge is 0.321 e. The van der Waals surface area contributed by atoms with Crippen molar-refractivity contribution < 1.29 is 0 Å². The molecule has 0 atom stereocenters. The van der Waals surface area contributed by atoms with Crippen LogP contribution in [0.4, 0.5) is 0 Å². The molecule has 2 heterocycles. The second-order valence-electron chi connectivity index (χ2n) is 3.49. The summed E-state index contributed by atoms with van der Waals surface area (Å²) in [5, 5.41) is 8.37. The lowest BCUT2D eigenvalue weighted by molar-refractivity contribution is 1.20. The summed E-state index contributed by atoms with van der Waals surface area (Å²) in [5.74, 6) is 0. The number of hydrogen-bond acceptors (Lipinski definition) is 3. The Morgan fingerprint density at radius 2 is 2.12 bits per heavy atom. The van der Waals surface area contributed by atoms with Crippen molar-refractivity contribution in [2.24, 2.45) is 0 Å². The molecule has 4 nitrogen and oxygen atoms in total. The van der Waals surface area contributed by atoms with Gasteiger partial charge in [-0.05, 0) is 26.0 Å². The first-order chi connectivity index (χ1) is 8.09. The number of fused-ring (bicyclic) bond motifs is 1. The zero-order valence-electron chi connectivity index (χ0n) is 9.34. The van der Waals surface area contributed by atoms with E-state index in [0.29, 0.717) is 5.56 Å². The van der Waals surface area contributed by atoms with Crippen molar-refractivity contribution in [2.75, 3.05) is 0 Å². The Hall–Kier alpha value is -0.510. The van der Waals surface area contributed by atoms with E-state index in [1.807, 2.05) is 6.92 Å². The number of rotatable bonds is 1. The summed E-state index contributed by atoms with van der Waals surface area (Å²) in [4.78, 5) is 18.5. The zero-order valence-corrected chi connectivity index (χ0v) is 13.7. The van der Waals surface area contributed by atoms with E-state index < -0.39 is 0 Å². The zero-order chi connectivity index (χ0) is 13.0. The Kier molecular flexibility index (Phi) is 5.50. The van der Waals surface area contributed by atoms with E-state index in [-0.39, 0.29) is 11.3 Å². The molecule has 0 spiro atoms. The highest BCUT2D eigenvalue weighted by Gasteiger charge is 2.06. The van der Waals surface area contributed by atoms with E-state index >= 15 is 0 Å². The molecule has 0 bridgehead atoms. The second kappa shape index (κ2) is 6.43. The maximum atomic E-state index is 11.6. The van der Waals surface area contributed by atoms with Gasteiger partial charge in [-0.1, -0.05) is 0 Å². The number of pyridine rings is 2. The topological polar surface area (TPSA) is 69.6 Å². The average molecular weight is 455 g/mol. The van der Waals surface area contributed by atoms with Gasteiger partial charge in [-0.15, -0.1) is 0 Å². The summed E-state index contributed by atoms with van der Waals surface area (Å²) < 4.78 is 0. The van der Waals surface area contributed by atoms with Crippen LogP contribution in [-0.4, -0.2) is 15.7 Å². The Labute approximate surface area is 122 Å². The van der Waals surface area contributed by atoms with Gasteiger partial charge < -0.3 is 10.4 Å². The molecule has 2 rings (SSSR count). The smallest absolute Gasteiger partial charge is 0.257 e. The maximum absolute atomic E-state index is 11.6. The van der Waals surface area contributed by atoms with Crippen LogP contribution in [0.25, 0.3) is 10.9 Å². The van der Waals surface area contributed by atoms with Crippen LogP contribution in [0.1, 0.15) is 18.2 Å². The summed E-state index contributed by atoms with van der Waals surface area (Å²) >= 11 is 4.24. The highest BCUT2D eigenvalue weighted by Crippen LogP contribution is 2.13. The number of aromatic amines is 1. The number of aryl methyl sites for hydroxylation is 1. The number of nitrogens with one attached hydrogen (secondary N) is 2. The summed E-state index contributed by atoms with van der Waals surface area (Å²) in [7, 11) is 0. The maximum Gasteiger partial charge on any atom is 0.257 e. The van der Waals surface area contributed by atoms with Crippen LogP contribution in [-0.2, 0) is 0 Å².